The van der Waals surface area contributed by atoms with Crippen LogP contribution in [-0.4, -0.2) is 6.29 Å². The Hall–Kier alpha value is -1.61. The Morgan fingerprint density at radius 1 is 1.11 bits per heavy atom. The average Bonchev–Trinajstić information content (AvgIpc) is 2.35. The summed E-state index contributed by atoms with van der Waals surface area (Å²) in [4.78, 5) is 10.7. The lowest BCUT2D eigenvalue weighted by molar-refractivity contribution is 0.112. The summed E-state index contributed by atoms with van der Waals surface area (Å²) >= 11 is 3.41. The molecule has 0 bridgehead atoms. The second-order valence-electron chi connectivity index (χ2n) is 4.13. The van der Waals surface area contributed by atoms with Crippen molar-refractivity contribution in [2.45, 2.75) is 13.8 Å². The van der Waals surface area contributed by atoms with E-state index in [0.717, 1.165) is 27.6 Å². The quantitative estimate of drug-likeness (QED) is 0.770. The van der Waals surface area contributed by atoms with Gasteiger partial charge in [0.2, 0.25) is 0 Å². The molecular formula is C15H13BrO2. The first kappa shape index (κ1) is 12.8. The van der Waals surface area contributed by atoms with Crippen molar-refractivity contribution in [1.29, 1.82) is 0 Å². The number of halogens is 1. The number of hydrogen-bond donors (Lipinski definition) is 0. The van der Waals surface area contributed by atoms with Crippen molar-refractivity contribution in [3.63, 3.8) is 0 Å². The van der Waals surface area contributed by atoms with Crippen molar-refractivity contribution in [2.24, 2.45) is 0 Å². The molecule has 0 aromatic heterocycles. The number of aryl methyl sites for hydroxylation is 2. The minimum absolute atomic E-state index is 0.621. The van der Waals surface area contributed by atoms with Crippen LogP contribution in [0.4, 0.5) is 0 Å². The van der Waals surface area contributed by atoms with Gasteiger partial charge in [0, 0.05) is 5.56 Å². The molecule has 2 rings (SSSR count). The van der Waals surface area contributed by atoms with Gasteiger partial charge in [-0.15, -0.1) is 0 Å². The van der Waals surface area contributed by atoms with Crippen molar-refractivity contribution in [2.75, 3.05) is 0 Å². The summed E-state index contributed by atoms with van der Waals surface area (Å²) in [6.07, 6.45) is 0.813. The van der Waals surface area contributed by atoms with Gasteiger partial charge in [0.05, 0.1) is 4.47 Å². The maximum atomic E-state index is 10.7. The van der Waals surface area contributed by atoms with Gasteiger partial charge in [-0.1, -0.05) is 18.2 Å². The molecular weight excluding hydrogens is 292 g/mol. The first-order valence-electron chi connectivity index (χ1n) is 5.60. The molecule has 0 amide bonds. The molecule has 92 valence electrons. The zero-order valence-corrected chi connectivity index (χ0v) is 11.8. The largest absolute Gasteiger partial charge is 0.456 e. The van der Waals surface area contributed by atoms with Crippen molar-refractivity contribution < 1.29 is 9.53 Å². The lowest BCUT2D eigenvalue weighted by Gasteiger charge is -2.12. The summed E-state index contributed by atoms with van der Waals surface area (Å²) in [5.41, 5.74) is 2.79. The number of para-hydroxylation sites is 1. The van der Waals surface area contributed by atoms with Crippen LogP contribution in [0.15, 0.2) is 40.9 Å². The van der Waals surface area contributed by atoms with Crippen LogP contribution in [0.25, 0.3) is 0 Å². The summed E-state index contributed by atoms with van der Waals surface area (Å²) < 4.78 is 6.68. The molecule has 0 fully saturated rings. The van der Waals surface area contributed by atoms with E-state index in [4.69, 9.17) is 4.74 Å². The molecule has 0 radical (unpaired) electrons. The molecule has 0 saturated carbocycles. The summed E-state index contributed by atoms with van der Waals surface area (Å²) in [7, 11) is 0. The molecule has 0 aliphatic heterocycles. The molecule has 0 aliphatic rings. The van der Waals surface area contributed by atoms with E-state index in [1.807, 2.05) is 32.0 Å². The third-order valence-corrected chi connectivity index (χ3v) is 3.33. The molecule has 18 heavy (non-hydrogen) atoms. The Balaban J connectivity index is 2.37. The molecule has 0 spiro atoms. The number of rotatable bonds is 3. The Labute approximate surface area is 115 Å². The molecule has 0 heterocycles. The van der Waals surface area contributed by atoms with Gasteiger partial charge in [-0.25, -0.2) is 0 Å². The first-order valence-corrected chi connectivity index (χ1v) is 6.40. The fourth-order valence-electron chi connectivity index (χ4n) is 1.74. The molecule has 2 aromatic rings. The van der Waals surface area contributed by atoms with Crippen molar-refractivity contribution in [3.8, 4) is 11.5 Å². The van der Waals surface area contributed by atoms with Gasteiger partial charge in [-0.2, -0.15) is 0 Å². The lowest BCUT2D eigenvalue weighted by Crippen LogP contribution is -1.92. The van der Waals surface area contributed by atoms with Crippen LogP contribution in [0.5, 0.6) is 11.5 Å². The highest BCUT2D eigenvalue weighted by Gasteiger charge is 2.08. The Bertz CT molecular complexity index is 571. The molecule has 0 saturated heterocycles. The zero-order valence-electron chi connectivity index (χ0n) is 10.2. The van der Waals surface area contributed by atoms with Crippen LogP contribution in [0.3, 0.4) is 0 Å². The topological polar surface area (TPSA) is 26.3 Å². The van der Waals surface area contributed by atoms with Crippen molar-refractivity contribution in [3.05, 3.63) is 57.6 Å². The standard InChI is InChI=1S/C15H13BrO2/c1-10-4-3-5-11(2)15(10)18-14-7-6-12(9-17)8-13(14)16/h3-9H,1-2H3. The minimum atomic E-state index is 0.621. The van der Waals surface area contributed by atoms with Gasteiger partial charge in [0.1, 0.15) is 17.8 Å². The predicted molar refractivity (Wildman–Crippen MR) is 75.5 cm³/mol. The number of aldehydes is 1. The highest BCUT2D eigenvalue weighted by Crippen LogP contribution is 2.33. The zero-order chi connectivity index (χ0) is 13.1. The maximum absolute atomic E-state index is 10.7. The van der Waals surface area contributed by atoms with E-state index in [-0.39, 0.29) is 0 Å². The summed E-state index contributed by atoms with van der Waals surface area (Å²) in [6, 6.07) is 11.3. The third kappa shape index (κ3) is 2.62. The second kappa shape index (κ2) is 5.36. The average molecular weight is 305 g/mol. The fraction of sp³-hybridized carbons (Fsp3) is 0.133. The number of ether oxygens (including phenoxy) is 1. The van der Waals surface area contributed by atoms with Gasteiger partial charge in [-0.3, -0.25) is 4.79 Å². The molecule has 0 N–H and O–H groups in total. The van der Waals surface area contributed by atoms with Crippen molar-refractivity contribution in [1.82, 2.24) is 0 Å². The molecule has 0 atom stereocenters. The van der Waals surface area contributed by atoms with Gasteiger partial charge in [0.25, 0.3) is 0 Å². The highest BCUT2D eigenvalue weighted by atomic mass is 79.9. The van der Waals surface area contributed by atoms with E-state index >= 15 is 0 Å². The third-order valence-electron chi connectivity index (χ3n) is 2.71. The predicted octanol–water partition coefficient (Wildman–Crippen LogP) is 4.67. The van der Waals surface area contributed by atoms with E-state index in [9.17, 15) is 4.79 Å². The van der Waals surface area contributed by atoms with Gasteiger partial charge >= 0.3 is 0 Å². The lowest BCUT2D eigenvalue weighted by atomic mass is 10.1. The van der Waals surface area contributed by atoms with Crippen LogP contribution in [0.2, 0.25) is 0 Å². The molecule has 3 heteroatoms. The SMILES string of the molecule is Cc1cccc(C)c1Oc1ccc(C=O)cc1Br. The van der Waals surface area contributed by atoms with Gasteiger partial charge < -0.3 is 4.74 Å². The minimum Gasteiger partial charge on any atom is -0.456 e. The van der Waals surface area contributed by atoms with E-state index in [2.05, 4.69) is 15.9 Å². The Kier molecular flexibility index (Phi) is 3.82. The van der Waals surface area contributed by atoms with E-state index in [1.54, 1.807) is 18.2 Å². The first-order chi connectivity index (χ1) is 8.61. The van der Waals surface area contributed by atoms with Crippen LogP contribution >= 0.6 is 15.9 Å². The monoisotopic (exact) mass is 304 g/mol. The van der Waals surface area contributed by atoms with Crippen molar-refractivity contribution >= 4 is 22.2 Å². The number of carbonyl (C=O) groups excluding carboxylic acids is 1. The number of hydrogen-bond acceptors (Lipinski definition) is 2. The molecule has 0 unspecified atom stereocenters. The Morgan fingerprint density at radius 3 is 2.33 bits per heavy atom. The maximum Gasteiger partial charge on any atom is 0.150 e. The van der Waals surface area contributed by atoms with E-state index in [1.165, 1.54) is 0 Å². The molecule has 2 aromatic carbocycles. The van der Waals surface area contributed by atoms with Crippen LogP contribution in [-0.2, 0) is 0 Å². The fourth-order valence-corrected chi connectivity index (χ4v) is 2.22. The summed E-state index contributed by atoms with van der Waals surface area (Å²) in [5, 5.41) is 0. The van der Waals surface area contributed by atoms with Gasteiger partial charge in [0.15, 0.2) is 0 Å². The second-order valence-corrected chi connectivity index (χ2v) is 4.99. The number of benzene rings is 2. The van der Waals surface area contributed by atoms with Crippen LogP contribution in [0, 0.1) is 13.8 Å². The van der Waals surface area contributed by atoms with E-state index < -0.39 is 0 Å². The summed E-state index contributed by atoms with van der Waals surface area (Å²) in [6.45, 7) is 4.02. The summed E-state index contributed by atoms with van der Waals surface area (Å²) in [5.74, 6) is 1.56. The highest BCUT2D eigenvalue weighted by molar-refractivity contribution is 9.10. The van der Waals surface area contributed by atoms with E-state index in [0.29, 0.717) is 11.3 Å². The molecule has 0 aliphatic carbocycles. The smallest absolute Gasteiger partial charge is 0.150 e. The van der Waals surface area contributed by atoms with Crippen LogP contribution in [0.1, 0.15) is 21.5 Å². The Morgan fingerprint density at radius 2 is 1.78 bits per heavy atom. The normalized spacial score (nSPS) is 10.2. The molecule has 2 nitrogen and oxygen atoms in total. The van der Waals surface area contributed by atoms with Gasteiger partial charge in [-0.05, 0) is 59.1 Å². The number of carbonyl (C=O) groups is 1. The van der Waals surface area contributed by atoms with Crippen LogP contribution < -0.4 is 4.74 Å².